The molecule has 2 atom stereocenters. The summed E-state index contributed by atoms with van der Waals surface area (Å²) in [4.78, 5) is 4.56. The molecule has 2 N–H and O–H groups in total. The Morgan fingerprint density at radius 3 is 3.10 bits per heavy atom. The third-order valence-corrected chi connectivity index (χ3v) is 3.87. The molecular weight excluding hydrogens is 252 g/mol. The first-order valence-corrected chi connectivity index (χ1v) is 7.16. The van der Waals surface area contributed by atoms with Crippen LogP contribution >= 0.6 is 0 Å². The number of nitrogens with zero attached hydrogens (tertiary/aromatic N) is 2. The predicted molar refractivity (Wildman–Crippen MR) is 81.1 cm³/mol. The first-order valence-electron chi connectivity index (χ1n) is 7.16. The number of fused-ring (bicyclic) bond motifs is 1. The molecule has 20 heavy (non-hydrogen) atoms. The maximum absolute atomic E-state index is 5.87. The number of hydrogen-bond acceptors (Lipinski definition) is 4. The van der Waals surface area contributed by atoms with Crippen LogP contribution in [0.2, 0.25) is 0 Å². The molecule has 0 aliphatic carbocycles. The van der Waals surface area contributed by atoms with Gasteiger partial charge in [0.1, 0.15) is 5.82 Å². The summed E-state index contributed by atoms with van der Waals surface area (Å²) in [5.74, 6) is 1.03. The van der Waals surface area contributed by atoms with Gasteiger partial charge >= 0.3 is 0 Å². The highest BCUT2D eigenvalue weighted by Gasteiger charge is 2.18. The van der Waals surface area contributed by atoms with E-state index in [1.165, 1.54) is 0 Å². The molecule has 0 amide bonds. The number of hydrogen-bond donors (Lipinski definition) is 2. The highest BCUT2D eigenvalue weighted by Crippen LogP contribution is 2.19. The van der Waals surface area contributed by atoms with E-state index in [-0.39, 0.29) is 12.2 Å². The number of ether oxygens (including phenoxy) is 1. The van der Waals surface area contributed by atoms with Crippen molar-refractivity contribution < 1.29 is 4.74 Å². The predicted octanol–water partition coefficient (Wildman–Crippen LogP) is 1.67. The minimum absolute atomic E-state index is 0.222. The summed E-state index contributed by atoms with van der Waals surface area (Å²) in [6, 6.07) is 6.31. The molecule has 0 spiro atoms. The van der Waals surface area contributed by atoms with Crippen molar-refractivity contribution in [1.82, 2.24) is 14.9 Å². The summed E-state index contributed by atoms with van der Waals surface area (Å²) in [5, 5.41) is 6.82. The third kappa shape index (κ3) is 2.64. The van der Waals surface area contributed by atoms with Gasteiger partial charge in [-0.2, -0.15) is 0 Å². The van der Waals surface area contributed by atoms with Gasteiger partial charge < -0.3 is 19.9 Å². The molecule has 0 radical (unpaired) electrons. The van der Waals surface area contributed by atoms with Gasteiger partial charge in [-0.15, -0.1) is 0 Å². The van der Waals surface area contributed by atoms with Gasteiger partial charge in [-0.25, -0.2) is 4.98 Å². The number of aryl methyl sites for hydroxylation is 2. The second-order valence-electron chi connectivity index (χ2n) is 5.53. The summed E-state index contributed by atoms with van der Waals surface area (Å²) in [6.45, 7) is 6.78. The van der Waals surface area contributed by atoms with E-state index in [9.17, 15) is 0 Å². The topological polar surface area (TPSA) is 51.1 Å². The maximum Gasteiger partial charge on any atom is 0.106 e. The van der Waals surface area contributed by atoms with Crippen molar-refractivity contribution >= 4 is 16.7 Å². The summed E-state index contributed by atoms with van der Waals surface area (Å²) < 4.78 is 7.98. The van der Waals surface area contributed by atoms with E-state index in [0.717, 1.165) is 42.2 Å². The molecule has 1 aromatic carbocycles. The smallest absolute Gasteiger partial charge is 0.106 e. The fraction of sp³-hybridized carbons (Fsp3) is 0.533. The van der Waals surface area contributed by atoms with Crippen LogP contribution in [0.5, 0.6) is 0 Å². The fourth-order valence-corrected chi connectivity index (χ4v) is 2.65. The maximum atomic E-state index is 5.87. The second-order valence-corrected chi connectivity index (χ2v) is 5.53. The average Bonchev–Trinajstić information content (AvgIpc) is 2.72. The van der Waals surface area contributed by atoms with Crippen molar-refractivity contribution in [2.24, 2.45) is 7.05 Å². The Bertz CT molecular complexity index is 607. The van der Waals surface area contributed by atoms with E-state index in [4.69, 9.17) is 4.74 Å². The Hall–Kier alpha value is -1.59. The number of morpholine rings is 1. The molecule has 1 aromatic heterocycles. The summed E-state index contributed by atoms with van der Waals surface area (Å²) in [7, 11) is 2.04. The van der Waals surface area contributed by atoms with Crippen molar-refractivity contribution in [3.63, 3.8) is 0 Å². The van der Waals surface area contributed by atoms with Gasteiger partial charge in [0.25, 0.3) is 0 Å². The first-order chi connectivity index (χ1) is 9.63. The lowest BCUT2D eigenvalue weighted by Crippen LogP contribution is -2.46. The third-order valence-electron chi connectivity index (χ3n) is 3.87. The molecule has 1 aliphatic heterocycles. The van der Waals surface area contributed by atoms with Crippen LogP contribution in [0.15, 0.2) is 18.2 Å². The molecule has 0 bridgehead atoms. The van der Waals surface area contributed by atoms with Crippen molar-refractivity contribution in [3.8, 4) is 0 Å². The number of benzene rings is 1. The van der Waals surface area contributed by atoms with Crippen molar-refractivity contribution in [1.29, 1.82) is 0 Å². The van der Waals surface area contributed by atoms with E-state index in [1.807, 2.05) is 14.0 Å². The normalized spacial score (nSPS) is 23.1. The zero-order chi connectivity index (χ0) is 14.1. The zero-order valence-corrected chi connectivity index (χ0v) is 12.3. The van der Waals surface area contributed by atoms with Crippen LogP contribution in [0.4, 0.5) is 5.69 Å². The number of rotatable bonds is 3. The number of imidazole rings is 1. The van der Waals surface area contributed by atoms with Crippen LogP contribution in [0, 0.1) is 6.92 Å². The van der Waals surface area contributed by atoms with E-state index >= 15 is 0 Å². The Balaban J connectivity index is 1.68. The van der Waals surface area contributed by atoms with Crippen LogP contribution < -0.4 is 10.6 Å². The summed E-state index contributed by atoms with van der Waals surface area (Å²) >= 11 is 0. The van der Waals surface area contributed by atoms with Crippen molar-refractivity contribution in [2.75, 3.05) is 25.0 Å². The molecule has 0 saturated carbocycles. The van der Waals surface area contributed by atoms with Crippen LogP contribution in [0.3, 0.4) is 0 Å². The lowest BCUT2D eigenvalue weighted by molar-refractivity contribution is -0.0196. The highest BCUT2D eigenvalue weighted by molar-refractivity contribution is 5.80. The molecule has 2 heterocycles. The number of anilines is 1. The van der Waals surface area contributed by atoms with E-state index in [1.54, 1.807) is 0 Å². The zero-order valence-electron chi connectivity index (χ0n) is 12.3. The summed E-state index contributed by atoms with van der Waals surface area (Å²) in [5.41, 5.74) is 3.29. The van der Waals surface area contributed by atoms with E-state index in [0.29, 0.717) is 0 Å². The van der Waals surface area contributed by atoms with Crippen LogP contribution in [0.25, 0.3) is 11.0 Å². The number of aromatic nitrogens is 2. The molecule has 1 saturated heterocycles. The minimum atomic E-state index is 0.222. The number of nitrogens with one attached hydrogen (secondary N) is 2. The minimum Gasteiger partial charge on any atom is -0.382 e. The van der Waals surface area contributed by atoms with Gasteiger partial charge in [0.2, 0.25) is 0 Å². The van der Waals surface area contributed by atoms with E-state index < -0.39 is 0 Å². The fourth-order valence-electron chi connectivity index (χ4n) is 2.65. The Labute approximate surface area is 119 Å². The summed E-state index contributed by atoms with van der Waals surface area (Å²) in [6.07, 6.45) is 0.511. The van der Waals surface area contributed by atoms with Gasteiger partial charge in [-0.3, -0.25) is 0 Å². The van der Waals surface area contributed by atoms with Gasteiger partial charge in [-0.1, -0.05) is 0 Å². The largest absolute Gasteiger partial charge is 0.382 e. The van der Waals surface area contributed by atoms with Crippen LogP contribution in [0.1, 0.15) is 12.7 Å². The molecule has 2 aromatic rings. The second kappa shape index (κ2) is 5.42. The molecular formula is C15H22N4O. The van der Waals surface area contributed by atoms with Crippen LogP contribution in [-0.2, 0) is 11.8 Å². The lowest BCUT2D eigenvalue weighted by Gasteiger charge is -2.29. The quantitative estimate of drug-likeness (QED) is 0.894. The molecule has 1 aliphatic rings. The molecule has 108 valence electrons. The van der Waals surface area contributed by atoms with Crippen LogP contribution in [-0.4, -0.2) is 41.4 Å². The first kappa shape index (κ1) is 13.4. The van der Waals surface area contributed by atoms with Gasteiger partial charge in [0.05, 0.1) is 23.2 Å². The van der Waals surface area contributed by atoms with Gasteiger partial charge in [-0.05, 0) is 32.0 Å². The van der Waals surface area contributed by atoms with Crippen molar-refractivity contribution in [2.45, 2.75) is 26.1 Å². The van der Waals surface area contributed by atoms with Gasteiger partial charge in [0, 0.05) is 32.4 Å². The molecule has 5 nitrogen and oxygen atoms in total. The lowest BCUT2D eigenvalue weighted by atomic mass is 10.2. The molecule has 5 heteroatoms. The molecule has 0 unspecified atom stereocenters. The monoisotopic (exact) mass is 274 g/mol. The average molecular weight is 274 g/mol. The van der Waals surface area contributed by atoms with E-state index in [2.05, 4.69) is 45.3 Å². The SMILES string of the molecule is Cc1nc2cc(NC[C@@H]3CNC[C@@H](C)O3)ccc2n1C. The van der Waals surface area contributed by atoms with Crippen molar-refractivity contribution in [3.05, 3.63) is 24.0 Å². The highest BCUT2D eigenvalue weighted by atomic mass is 16.5. The standard InChI is InChI=1S/C15H22N4O/c1-10-7-16-8-13(20-10)9-17-12-4-5-15-14(6-12)18-11(2)19(15)3/h4-6,10,13,16-17H,7-9H2,1-3H3/t10-,13+/m1/s1. The molecule has 3 rings (SSSR count). The molecule has 1 fully saturated rings. The Morgan fingerprint density at radius 1 is 1.45 bits per heavy atom. The Morgan fingerprint density at radius 2 is 2.30 bits per heavy atom. The van der Waals surface area contributed by atoms with Gasteiger partial charge in [0.15, 0.2) is 0 Å². The Kier molecular flexibility index (Phi) is 3.63.